The Hall–Kier alpha value is -3.26. The normalized spacial score (nSPS) is 14.6. The van der Waals surface area contributed by atoms with Crippen LogP contribution < -0.4 is 9.80 Å². The number of nitrogens with one attached hydrogen (secondary N) is 1. The van der Waals surface area contributed by atoms with Crippen molar-refractivity contribution in [1.29, 1.82) is 0 Å². The first kappa shape index (κ1) is 30.2. The standard InChI is InChI=1S/C32H37AsN4O4S/c1-21(2)41-31(40)37-30-25(19-26(42-30)29(39)34-32(3,4)24-11-7-5-8-12-24)27(35-37)33-28(38)23-15-13-22(14-16-23)20-36-17-9-6-10-18-36/h5,7-8,11-16,19,21,33H,6,9-10,17-18,20H2,1-4H3,(H,34,39). The molecule has 0 saturated carbocycles. The molecular weight excluding hydrogens is 611 g/mol. The van der Waals surface area contributed by atoms with Gasteiger partial charge in [-0.2, -0.15) is 0 Å². The van der Waals surface area contributed by atoms with Crippen molar-refractivity contribution >= 4 is 58.4 Å². The van der Waals surface area contributed by atoms with E-state index in [-0.39, 0.29) is 16.6 Å². The van der Waals surface area contributed by atoms with Crippen molar-refractivity contribution in [3.63, 3.8) is 0 Å². The third-order valence-electron chi connectivity index (χ3n) is 7.32. The summed E-state index contributed by atoms with van der Waals surface area (Å²) in [5, 5.41) is 8.29. The third-order valence-corrected chi connectivity index (χ3v) is 10.8. The van der Waals surface area contributed by atoms with Gasteiger partial charge in [0, 0.05) is 0 Å². The van der Waals surface area contributed by atoms with Gasteiger partial charge in [-0.1, -0.05) is 0 Å². The number of benzene rings is 2. The monoisotopic (exact) mass is 648 g/mol. The number of nitrogens with zero attached hydrogens (tertiary/aromatic N) is 3. The maximum absolute atomic E-state index is 13.4. The van der Waals surface area contributed by atoms with Crippen molar-refractivity contribution in [3.8, 4) is 0 Å². The van der Waals surface area contributed by atoms with Gasteiger partial charge in [-0.3, -0.25) is 0 Å². The van der Waals surface area contributed by atoms with E-state index in [0.717, 1.165) is 25.2 Å². The number of piperidine rings is 1. The van der Waals surface area contributed by atoms with E-state index in [2.05, 4.69) is 15.3 Å². The van der Waals surface area contributed by atoms with Crippen LogP contribution in [0.3, 0.4) is 0 Å². The summed E-state index contributed by atoms with van der Waals surface area (Å²) < 4.78 is 7.20. The number of amides is 1. The van der Waals surface area contributed by atoms with Crippen LogP contribution >= 0.6 is 11.3 Å². The summed E-state index contributed by atoms with van der Waals surface area (Å²) >= 11 is -0.248. The van der Waals surface area contributed by atoms with E-state index in [4.69, 9.17) is 4.74 Å². The van der Waals surface area contributed by atoms with Crippen LogP contribution in [0.25, 0.3) is 10.2 Å². The second-order valence-electron chi connectivity index (χ2n) is 11.5. The third kappa shape index (κ3) is 7.02. The molecule has 1 aliphatic heterocycles. The van der Waals surface area contributed by atoms with Crippen molar-refractivity contribution < 1.29 is 19.1 Å². The molecule has 1 N–H and O–H groups in total. The fraction of sp³-hybridized carbons (Fsp3) is 0.375. The SMILES string of the molecule is CC(C)OC(=O)n1nc([AsH]C(=O)c2ccc(CN3CCCCC3)cc2)c2cc(C(=O)NC(C)(C)c3ccccc3)sc21. The molecule has 2 aromatic heterocycles. The second-order valence-corrected chi connectivity index (χ2v) is 15.0. The van der Waals surface area contributed by atoms with Crippen LogP contribution in [0.15, 0.2) is 60.7 Å². The molecule has 2 aromatic carbocycles. The van der Waals surface area contributed by atoms with Crippen LogP contribution in [0, 0.1) is 0 Å². The number of ether oxygens (including phenoxy) is 1. The quantitative estimate of drug-likeness (QED) is 0.256. The van der Waals surface area contributed by atoms with Gasteiger partial charge in [0.1, 0.15) is 0 Å². The molecule has 0 aliphatic carbocycles. The van der Waals surface area contributed by atoms with E-state index in [1.54, 1.807) is 19.9 Å². The summed E-state index contributed by atoms with van der Waals surface area (Å²) in [6, 6.07) is 19.4. The molecule has 8 nitrogen and oxygen atoms in total. The molecule has 0 bridgehead atoms. The van der Waals surface area contributed by atoms with Crippen molar-refractivity contribution in [1.82, 2.24) is 20.0 Å². The van der Waals surface area contributed by atoms with Crippen molar-refractivity contribution in [3.05, 3.63) is 82.2 Å². The van der Waals surface area contributed by atoms with Gasteiger partial charge in [-0.05, 0) is 0 Å². The zero-order valence-electron chi connectivity index (χ0n) is 24.5. The van der Waals surface area contributed by atoms with Crippen LogP contribution in [0.4, 0.5) is 4.79 Å². The van der Waals surface area contributed by atoms with E-state index in [9.17, 15) is 14.4 Å². The average Bonchev–Trinajstić information content (AvgIpc) is 3.54. The van der Waals surface area contributed by atoms with Crippen molar-refractivity contribution in [2.24, 2.45) is 0 Å². The van der Waals surface area contributed by atoms with Crippen molar-refractivity contribution in [2.75, 3.05) is 13.1 Å². The molecule has 1 aliphatic rings. The molecule has 1 unspecified atom stereocenters. The molecule has 3 heterocycles. The number of rotatable bonds is 9. The molecule has 1 atom stereocenters. The van der Waals surface area contributed by atoms with E-state index in [1.807, 2.05) is 68.4 Å². The van der Waals surface area contributed by atoms with Gasteiger partial charge in [0.15, 0.2) is 0 Å². The number of likely N-dealkylation sites (tertiary alicyclic amines) is 1. The molecule has 1 fully saturated rings. The Morgan fingerprint density at radius 3 is 2.38 bits per heavy atom. The fourth-order valence-corrected chi connectivity index (χ4v) is 8.36. The maximum atomic E-state index is 13.4. The number of hydrogen-bond donors (Lipinski definition) is 1. The molecule has 10 heteroatoms. The fourth-order valence-electron chi connectivity index (χ4n) is 5.08. The molecule has 0 spiro atoms. The van der Waals surface area contributed by atoms with Gasteiger partial charge in [0.25, 0.3) is 0 Å². The molecule has 1 amide bonds. The number of carbonyl (C=O) groups is 3. The van der Waals surface area contributed by atoms with Gasteiger partial charge in [0.05, 0.1) is 0 Å². The Kier molecular flexibility index (Phi) is 9.31. The zero-order valence-corrected chi connectivity index (χ0v) is 27.4. The Balaban J connectivity index is 1.38. The Labute approximate surface area is 257 Å². The van der Waals surface area contributed by atoms with Crippen LogP contribution in [-0.2, 0) is 16.8 Å². The summed E-state index contributed by atoms with van der Waals surface area (Å²) in [5.74, 6) is -0.254. The van der Waals surface area contributed by atoms with E-state index >= 15 is 0 Å². The van der Waals surface area contributed by atoms with Crippen LogP contribution in [0.2, 0.25) is 0 Å². The molecule has 0 radical (unpaired) electrons. The van der Waals surface area contributed by atoms with E-state index in [1.165, 1.54) is 40.8 Å². The summed E-state index contributed by atoms with van der Waals surface area (Å²) in [6.07, 6.45) is 2.82. The molecule has 42 heavy (non-hydrogen) atoms. The molecule has 4 aromatic rings. The minimum absolute atomic E-state index is 0.0192. The molecule has 220 valence electrons. The average molecular weight is 649 g/mol. The molecule has 5 rings (SSSR count). The Bertz CT molecular complexity index is 1570. The van der Waals surface area contributed by atoms with Crippen LogP contribution in [0.5, 0.6) is 0 Å². The number of carbonyl (C=O) groups excluding carboxylic acids is 3. The van der Waals surface area contributed by atoms with Gasteiger partial charge in [-0.15, -0.1) is 0 Å². The number of fused-ring (bicyclic) bond motifs is 1. The summed E-state index contributed by atoms with van der Waals surface area (Å²) in [5.41, 5.74) is 2.21. The predicted molar refractivity (Wildman–Crippen MR) is 168 cm³/mol. The second kappa shape index (κ2) is 12.9. The Morgan fingerprint density at radius 1 is 1.02 bits per heavy atom. The predicted octanol–water partition coefficient (Wildman–Crippen LogP) is 5.04. The number of thiophene rings is 1. The summed E-state index contributed by atoms with van der Waals surface area (Å²) in [7, 11) is 0. The molecule has 1 saturated heterocycles. The molecular formula is C32H37AsN4O4S. The Morgan fingerprint density at radius 2 is 1.71 bits per heavy atom. The van der Waals surface area contributed by atoms with Gasteiger partial charge >= 0.3 is 258 Å². The summed E-state index contributed by atoms with van der Waals surface area (Å²) in [4.78, 5) is 43.1. The first-order valence-corrected chi connectivity index (χ1v) is 17.3. The minimum atomic E-state index is -1.43. The number of aromatic nitrogens is 2. The number of hydrogen-bond acceptors (Lipinski definition) is 7. The topological polar surface area (TPSA) is 93.5 Å². The van der Waals surface area contributed by atoms with Crippen molar-refractivity contribution in [2.45, 2.75) is 65.1 Å². The van der Waals surface area contributed by atoms with E-state index < -0.39 is 27.4 Å². The van der Waals surface area contributed by atoms with Crippen LogP contribution in [-0.4, -0.2) is 66.2 Å². The van der Waals surface area contributed by atoms with Gasteiger partial charge in [-0.25, -0.2) is 0 Å². The first-order chi connectivity index (χ1) is 20.1. The van der Waals surface area contributed by atoms with Gasteiger partial charge in [0.2, 0.25) is 0 Å². The first-order valence-electron chi connectivity index (χ1n) is 14.3. The van der Waals surface area contributed by atoms with Crippen LogP contribution in [0.1, 0.15) is 78.1 Å². The summed E-state index contributed by atoms with van der Waals surface area (Å²) in [6.45, 7) is 10.6. The zero-order chi connectivity index (χ0) is 29.9. The van der Waals surface area contributed by atoms with E-state index in [0.29, 0.717) is 25.1 Å². The van der Waals surface area contributed by atoms with Gasteiger partial charge < -0.3 is 0 Å².